The van der Waals surface area contributed by atoms with E-state index >= 15 is 0 Å². The molecule has 0 spiro atoms. The quantitative estimate of drug-likeness (QED) is 0.401. The van der Waals surface area contributed by atoms with E-state index in [0.717, 1.165) is 0 Å². The summed E-state index contributed by atoms with van der Waals surface area (Å²) >= 11 is 6.32. The summed E-state index contributed by atoms with van der Waals surface area (Å²) in [5.74, 6) is -0.114. The molecule has 8 nitrogen and oxygen atoms in total. The lowest BCUT2D eigenvalue weighted by Gasteiger charge is -2.13. The molecule has 0 saturated heterocycles. The molecule has 0 fully saturated rings. The number of rotatable bonds is 6. The van der Waals surface area contributed by atoms with E-state index in [-0.39, 0.29) is 18.0 Å². The van der Waals surface area contributed by atoms with E-state index in [1.165, 1.54) is 0 Å². The van der Waals surface area contributed by atoms with Crippen LogP contribution in [0.1, 0.15) is 54.5 Å². The Morgan fingerprint density at radius 2 is 1.88 bits per heavy atom. The molecule has 170 valence electrons. The van der Waals surface area contributed by atoms with E-state index in [1.54, 1.807) is 53.5 Å². The van der Waals surface area contributed by atoms with Crippen LogP contribution in [0.25, 0.3) is 22.5 Å². The van der Waals surface area contributed by atoms with Gasteiger partial charge in [-0.1, -0.05) is 11.6 Å². The van der Waals surface area contributed by atoms with E-state index in [2.05, 4.69) is 20.7 Å². The Bertz CT molecular complexity index is 1330. The van der Waals surface area contributed by atoms with Crippen LogP contribution < -0.4 is 10.6 Å². The molecule has 1 aromatic carbocycles. The Hall–Kier alpha value is -3.65. The maximum atomic E-state index is 13.4. The minimum Gasteiger partial charge on any atom is -0.463 e. The molecule has 0 aliphatic rings. The molecule has 0 aliphatic carbocycles. The first kappa shape index (κ1) is 22.5. The summed E-state index contributed by atoms with van der Waals surface area (Å²) in [5.41, 5.74) is 2.17. The zero-order valence-electron chi connectivity index (χ0n) is 18.7. The van der Waals surface area contributed by atoms with Crippen molar-refractivity contribution >= 4 is 40.1 Å². The van der Waals surface area contributed by atoms with Crippen molar-refractivity contribution in [2.45, 2.75) is 39.8 Å². The maximum absolute atomic E-state index is 13.4. The van der Waals surface area contributed by atoms with Gasteiger partial charge in [0.15, 0.2) is 11.4 Å². The summed E-state index contributed by atoms with van der Waals surface area (Å²) in [6.07, 6.45) is 3.17. The van der Waals surface area contributed by atoms with Crippen LogP contribution in [0.3, 0.4) is 0 Å². The highest BCUT2D eigenvalue weighted by molar-refractivity contribution is 6.34. The largest absolute Gasteiger partial charge is 0.463 e. The second-order valence-electron chi connectivity index (χ2n) is 8.23. The van der Waals surface area contributed by atoms with Crippen LogP contribution in [-0.4, -0.2) is 32.6 Å². The first-order chi connectivity index (χ1) is 15.7. The number of hydrogen-bond donors (Lipinski definition) is 2. The van der Waals surface area contributed by atoms with Gasteiger partial charge in [-0.3, -0.25) is 9.59 Å². The summed E-state index contributed by atoms with van der Waals surface area (Å²) in [4.78, 5) is 30.4. The van der Waals surface area contributed by atoms with Gasteiger partial charge < -0.3 is 15.1 Å². The normalized spacial score (nSPS) is 11.4. The molecule has 0 aliphatic heterocycles. The average Bonchev–Trinajstić information content (AvgIpc) is 3.44. The number of amides is 2. The van der Waals surface area contributed by atoms with Crippen molar-refractivity contribution in [3.05, 3.63) is 65.0 Å². The number of nitrogens with one attached hydrogen (secondary N) is 2. The Kier molecular flexibility index (Phi) is 6.20. The number of benzene rings is 1. The molecule has 2 N–H and O–H groups in total. The zero-order chi connectivity index (χ0) is 23.7. The topological polar surface area (TPSA) is 102 Å². The third kappa shape index (κ3) is 4.61. The number of carbonyl (C=O) groups excluding carboxylic acids is 2. The molecule has 0 saturated carbocycles. The number of halogens is 1. The second kappa shape index (κ2) is 9.07. The molecule has 4 rings (SSSR count). The summed E-state index contributed by atoms with van der Waals surface area (Å²) in [6.45, 7) is 7.72. The fourth-order valence-corrected chi connectivity index (χ4v) is 3.60. The monoisotopic (exact) mass is 465 g/mol. The van der Waals surface area contributed by atoms with Gasteiger partial charge in [-0.05, 0) is 64.1 Å². The number of fused-ring (bicyclic) bond motifs is 1. The summed E-state index contributed by atoms with van der Waals surface area (Å²) in [5, 5.41) is 11.0. The van der Waals surface area contributed by atoms with Gasteiger partial charge in [0.25, 0.3) is 11.8 Å². The predicted octanol–water partition coefficient (Wildman–Crippen LogP) is 5.32. The van der Waals surface area contributed by atoms with Gasteiger partial charge >= 0.3 is 0 Å². The third-order valence-corrected chi connectivity index (χ3v) is 5.30. The van der Waals surface area contributed by atoms with Crippen molar-refractivity contribution in [3.63, 3.8) is 0 Å². The van der Waals surface area contributed by atoms with Crippen LogP contribution in [0, 0.1) is 0 Å². The summed E-state index contributed by atoms with van der Waals surface area (Å²) in [7, 11) is 0. The second-order valence-corrected chi connectivity index (χ2v) is 8.64. The first-order valence-electron chi connectivity index (χ1n) is 10.6. The Labute approximate surface area is 195 Å². The van der Waals surface area contributed by atoms with Gasteiger partial charge in [-0.2, -0.15) is 5.10 Å². The van der Waals surface area contributed by atoms with Crippen LogP contribution in [0.5, 0.6) is 0 Å². The van der Waals surface area contributed by atoms with Crippen molar-refractivity contribution in [2.75, 3.05) is 5.32 Å². The van der Waals surface area contributed by atoms with Gasteiger partial charge in [-0.15, -0.1) is 0 Å². The number of pyridine rings is 1. The highest BCUT2D eigenvalue weighted by atomic mass is 35.5. The number of aromatic nitrogens is 3. The van der Waals surface area contributed by atoms with E-state index in [1.807, 2.05) is 27.7 Å². The Balaban J connectivity index is 1.75. The van der Waals surface area contributed by atoms with Crippen LogP contribution in [-0.2, 0) is 0 Å². The molecule has 9 heteroatoms. The lowest BCUT2D eigenvalue weighted by atomic mass is 10.1. The lowest BCUT2D eigenvalue weighted by Crippen LogP contribution is -2.30. The first-order valence-corrected chi connectivity index (χ1v) is 11.0. The molecule has 0 unspecified atom stereocenters. The van der Waals surface area contributed by atoms with Gasteiger partial charge in [0.1, 0.15) is 5.69 Å². The molecule has 0 atom stereocenters. The molecule has 3 heterocycles. The minimum absolute atomic E-state index is 0.0196. The van der Waals surface area contributed by atoms with Crippen molar-refractivity contribution in [1.82, 2.24) is 20.1 Å². The lowest BCUT2D eigenvalue weighted by molar-refractivity contribution is 0.0942. The number of hydrogen-bond acceptors (Lipinski definition) is 5. The standard InChI is InChI=1S/C24H24ClN5O3/c1-13(2)27-23(31)15-7-8-18(25)19(10-15)29-24(32)16-11-20(21-6-5-9-33-21)28-22-17(16)12-26-30(22)14(3)4/h5-14H,1-4H3,(H,27,31)(H,29,32). The summed E-state index contributed by atoms with van der Waals surface area (Å²) < 4.78 is 7.25. The highest BCUT2D eigenvalue weighted by Crippen LogP contribution is 2.29. The Morgan fingerprint density at radius 3 is 2.55 bits per heavy atom. The SMILES string of the molecule is CC(C)NC(=O)c1ccc(Cl)c(NC(=O)c2cc(-c3ccco3)nc3c2cnn3C(C)C)c1. The molecule has 2 amide bonds. The zero-order valence-corrected chi connectivity index (χ0v) is 19.5. The average molecular weight is 466 g/mol. The molecular weight excluding hydrogens is 442 g/mol. The van der Waals surface area contributed by atoms with Gasteiger partial charge in [-0.25, -0.2) is 9.67 Å². The minimum atomic E-state index is -0.401. The Morgan fingerprint density at radius 1 is 1.09 bits per heavy atom. The maximum Gasteiger partial charge on any atom is 0.256 e. The number of furan rings is 1. The van der Waals surface area contributed by atoms with Crippen molar-refractivity contribution in [2.24, 2.45) is 0 Å². The van der Waals surface area contributed by atoms with Crippen molar-refractivity contribution < 1.29 is 14.0 Å². The molecule has 0 radical (unpaired) electrons. The fourth-order valence-electron chi connectivity index (χ4n) is 3.43. The fraction of sp³-hybridized carbons (Fsp3) is 0.250. The van der Waals surface area contributed by atoms with E-state index < -0.39 is 5.91 Å². The van der Waals surface area contributed by atoms with Gasteiger partial charge in [0.05, 0.1) is 34.1 Å². The molecule has 4 aromatic rings. The number of carbonyl (C=O) groups is 2. The van der Waals surface area contributed by atoms with Crippen LogP contribution in [0.2, 0.25) is 5.02 Å². The smallest absolute Gasteiger partial charge is 0.256 e. The van der Waals surface area contributed by atoms with Crippen LogP contribution >= 0.6 is 11.6 Å². The van der Waals surface area contributed by atoms with Crippen molar-refractivity contribution in [3.8, 4) is 11.5 Å². The molecule has 0 bridgehead atoms. The van der Waals surface area contributed by atoms with E-state index in [9.17, 15) is 9.59 Å². The van der Waals surface area contributed by atoms with Crippen LogP contribution in [0.15, 0.2) is 53.3 Å². The molecule has 3 aromatic heterocycles. The van der Waals surface area contributed by atoms with Crippen molar-refractivity contribution in [1.29, 1.82) is 0 Å². The predicted molar refractivity (Wildman–Crippen MR) is 128 cm³/mol. The number of nitrogens with zero attached hydrogens (tertiary/aromatic N) is 3. The van der Waals surface area contributed by atoms with Gasteiger partial charge in [0, 0.05) is 17.6 Å². The number of anilines is 1. The van der Waals surface area contributed by atoms with E-state index in [4.69, 9.17) is 16.0 Å². The van der Waals surface area contributed by atoms with Crippen LogP contribution in [0.4, 0.5) is 5.69 Å². The summed E-state index contributed by atoms with van der Waals surface area (Å²) in [6, 6.07) is 9.97. The van der Waals surface area contributed by atoms with Gasteiger partial charge in [0.2, 0.25) is 0 Å². The van der Waals surface area contributed by atoms with E-state index in [0.29, 0.717) is 44.3 Å². The molecule has 33 heavy (non-hydrogen) atoms. The molecular formula is C24H24ClN5O3. The highest BCUT2D eigenvalue weighted by Gasteiger charge is 2.20. The third-order valence-electron chi connectivity index (χ3n) is 4.97.